The lowest BCUT2D eigenvalue weighted by atomic mass is 10.1. The Bertz CT molecular complexity index is 655. The Balaban J connectivity index is 1.73. The fraction of sp³-hybridized carbons (Fsp3) is 0.278. The van der Waals surface area contributed by atoms with Gasteiger partial charge < -0.3 is 10.1 Å². The van der Waals surface area contributed by atoms with Crippen LogP contribution in [0.1, 0.15) is 16.7 Å². The van der Waals surface area contributed by atoms with Crippen LogP contribution in [0.2, 0.25) is 5.02 Å². The highest BCUT2D eigenvalue weighted by Crippen LogP contribution is 2.20. The van der Waals surface area contributed by atoms with Crippen molar-refractivity contribution >= 4 is 17.5 Å². The summed E-state index contributed by atoms with van der Waals surface area (Å²) in [6.07, 6.45) is 0.396. The van der Waals surface area contributed by atoms with Gasteiger partial charge in [-0.3, -0.25) is 4.79 Å². The number of hydrogen-bond donors (Lipinski definition) is 1. The van der Waals surface area contributed by atoms with Crippen LogP contribution < -0.4 is 10.1 Å². The molecule has 0 spiro atoms. The summed E-state index contributed by atoms with van der Waals surface area (Å²) in [5.41, 5.74) is 3.16. The van der Waals surface area contributed by atoms with Crippen molar-refractivity contribution in [1.82, 2.24) is 5.32 Å². The SMILES string of the molecule is Cc1cc(OCCNC(=O)Cc2ccccc2C)ccc1Cl. The molecule has 0 saturated heterocycles. The molecule has 0 saturated carbocycles. The molecule has 0 atom stereocenters. The molecular weight excluding hydrogens is 298 g/mol. The van der Waals surface area contributed by atoms with Gasteiger partial charge in [-0.25, -0.2) is 0 Å². The predicted molar refractivity (Wildman–Crippen MR) is 89.6 cm³/mol. The molecule has 3 nitrogen and oxygen atoms in total. The standard InChI is InChI=1S/C18H20ClNO2/c1-13-5-3-4-6-15(13)12-18(21)20-9-10-22-16-7-8-17(19)14(2)11-16/h3-8,11H,9-10,12H2,1-2H3,(H,20,21). The Hall–Kier alpha value is -2.00. The van der Waals surface area contributed by atoms with Gasteiger partial charge in [-0.15, -0.1) is 0 Å². The minimum Gasteiger partial charge on any atom is -0.492 e. The van der Waals surface area contributed by atoms with Crippen LogP contribution in [0.15, 0.2) is 42.5 Å². The molecule has 0 heterocycles. The van der Waals surface area contributed by atoms with Gasteiger partial charge in [-0.2, -0.15) is 0 Å². The number of halogens is 1. The molecule has 0 aromatic heterocycles. The third-order valence-corrected chi connectivity index (χ3v) is 3.86. The second kappa shape index (κ2) is 7.85. The molecule has 0 aliphatic carbocycles. The molecule has 2 aromatic carbocycles. The van der Waals surface area contributed by atoms with E-state index in [-0.39, 0.29) is 5.91 Å². The highest BCUT2D eigenvalue weighted by Gasteiger charge is 2.05. The molecule has 1 amide bonds. The zero-order chi connectivity index (χ0) is 15.9. The third-order valence-electron chi connectivity index (χ3n) is 3.43. The Labute approximate surface area is 136 Å². The number of ether oxygens (including phenoxy) is 1. The second-order valence-electron chi connectivity index (χ2n) is 5.21. The number of nitrogens with one attached hydrogen (secondary N) is 1. The molecular formula is C18H20ClNO2. The number of hydrogen-bond acceptors (Lipinski definition) is 2. The number of benzene rings is 2. The molecule has 4 heteroatoms. The van der Waals surface area contributed by atoms with Crippen LogP contribution >= 0.6 is 11.6 Å². The summed E-state index contributed by atoms with van der Waals surface area (Å²) in [6.45, 7) is 4.85. The Morgan fingerprint density at radius 2 is 1.91 bits per heavy atom. The molecule has 2 rings (SSSR count). The lowest BCUT2D eigenvalue weighted by Gasteiger charge is -2.09. The summed E-state index contributed by atoms with van der Waals surface area (Å²) < 4.78 is 5.59. The predicted octanol–water partition coefficient (Wildman–Crippen LogP) is 3.69. The van der Waals surface area contributed by atoms with E-state index in [1.807, 2.05) is 56.3 Å². The molecule has 2 aromatic rings. The van der Waals surface area contributed by atoms with Gasteiger partial charge in [0.15, 0.2) is 0 Å². The number of carbonyl (C=O) groups excluding carboxylic acids is 1. The Kier molecular flexibility index (Phi) is 5.84. The van der Waals surface area contributed by atoms with Crippen molar-refractivity contribution in [2.75, 3.05) is 13.2 Å². The van der Waals surface area contributed by atoms with Crippen LogP contribution in [0.5, 0.6) is 5.75 Å². The maximum Gasteiger partial charge on any atom is 0.224 e. The summed E-state index contributed by atoms with van der Waals surface area (Å²) in [6, 6.07) is 13.4. The van der Waals surface area contributed by atoms with Gasteiger partial charge in [-0.1, -0.05) is 35.9 Å². The number of rotatable bonds is 6. The normalized spacial score (nSPS) is 10.3. The Morgan fingerprint density at radius 1 is 1.14 bits per heavy atom. The van der Waals surface area contributed by atoms with E-state index in [1.54, 1.807) is 0 Å². The summed E-state index contributed by atoms with van der Waals surface area (Å²) in [5.74, 6) is 0.764. The summed E-state index contributed by atoms with van der Waals surface area (Å²) in [5, 5.41) is 3.59. The fourth-order valence-electron chi connectivity index (χ4n) is 2.11. The Morgan fingerprint density at radius 3 is 2.64 bits per heavy atom. The van der Waals surface area contributed by atoms with Gasteiger partial charge in [0.05, 0.1) is 13.0 Å². The quantitative estimate of drug-likeness (QED) is 0.825. The fourth-order valence-corrected chi connectivity index (χ4v) is 2.23. The van der Waals surface area contributed by atoms with E-state index in [1.165, 1.54) is 0 Å². The van der Waals surface area contributed by atoms with Gasteiger partial charge in [0.2, 0.25) is 5.91 Å². The van der Waals surface area contributed by atoms with Crippen LogP contribution in [-0.4, -0.2) is 19.1 Å². The van der Waals surface area contributed by atoms with Gasteiger partial charge in [0.1, 0.15) is 12.4 Å². The minimum absolute atomic E-state index is 0.00480. The van der Waals surface area contributed by atoms with E-state index in [4.69, 9.17) is 16.3 Å². The smallest absolute Gasteiger partial charge is 0.224 e. The lowest BCUT2D eigenvalue weighted by Crippen LogP contribution is -2.29. The molecule has 0 radical (unpaired) electrons. The van der Waals surface area contributed by atoms with Crippen molar-refractivity contribution in [2.45, 2.75) is 20.3 Å². The molecule has 0 fully saturated rings. The van der Waals surface area contributed by atoms with Crippen molar-refractivity contribution in [3.05, 3.63) is 64.2 Å². The van der Waals surface area contributed by atoms with Crippen molar-refractivity contribution < 1.29 is 9.53 Å². The molecule has 22 heavy (non-hydrogen) atoms. The van der Waals surface area contributed by atoms with E-state index in [0.717, 1.165) is 27.5 Å². The van der Waals surface area contributed by atoms with Crippen LogP contribution in [0, 0.1) is 13.8 Å². The van der Waals surface area contributed by atoms with E-state index < -0.39 is 0 Å². The maximum atomic E-state index is 11.9. The zero-order valence-corrected chi connectivity index (χ0v) is 13.6. The third kappa shape index (κ3) is 4.78. The van der Waals surface area contributed by atoms with Crippen LogP contribution in [0.3, 0.4) is 0 Å². The topological polar surface area (TPSA) is 38.3 Å². The number of carbonyl (C=O) groups is 1. The average molecular weight is 318 g/mol. The molecule has 116 valence electrons. The van der Waals surface area contributed by atoms with E-state index in [2.05, 4.69) is 5.32 Å². The maximum absolute atomic E-state index is 11.9. The monoisotopic (exact) mass is 317 g/mol. The van der Waals surface area contributed by atoms with Crippen molar-refractivity contribution in [1.29, 1.82) is 0 Å². The summed E-state index contributed by atoms with van der Waals surface area (Å²) in [7, 11) is 0. The average Bonchev–Trinajstić information content (AvgIpc) is 2.49. The van der Waals surface area contributed by atoms with Crippen LogP contribution in [0.4, 0.5) is 0 Å². The molecule has 0 aliphatic rings. The van der Waals surface area contributed by atoms with Gasteiger partial charge in [-0.05, 0) is 48.7 Å². The van der Waals surface area contributed by atoms with E-state index in [0.29, 0.717) is 19.6 Å². The first-order valence-corrected chi connectivity index (χ1v) is 7.64. The first kappa shape index (κ1) is 16.4. The van der Waals surface area contributed by atoms with Gasteiger partial charge in [0, 0.05) is 5.02 Å². The highest BCUT2D eigenvalue weighted by atomic mass is 35.5. The minimum atomic E-state index is 0.00480. The summed E-state index contributed by atoms with van der Waals surface area (Å²) >= 11 is 5.96. The van der Waals surface area contributed by atoms with E-state index in [9.17, 15) is 4.79 Å². The first-order chi connectivity index (χ1) is 10.6. The van der Waals surface area contributed by atoms with Crippen molar-refractivity contribution in [3.63, 3.8) is 0 Å². The van der Waals surface area contributed by atoms with Gasteiger partial charge in [0.25, 0.3) is 0 Å². The van der Waals surface area contributed by atoms with Crippen molar-refractivity contribution in [2.24, 2.45) is 0 Å². The highest BCUT2D eigenvalue weighted by molar-refractivity contribution is 6.31. The van der Waals surface area contributed by atoms with Crippen LogP contribution in [0.25, 0.3) is 0 Å². The first-order valence-electron chi connectivity index (χ1n) is 7.26. The summed E-state index contributed by atoms with van der Waals surface area (Å²) in [4.78, 5) is 11.9. The largest absolute Gasteiger partial charge is 0.492 e. The number of amides is 1. The molecule has 0 bridgehead atoms. The van der Waals surface area contributed by atoms with Crippen molar-refractivity contribution in [3.8, 4) is 5.75 Å². The molecule has 0 aliphatic heterocycles. The lowest BCUT2D eigenvalue weighted by molar-refractivity contribution is -0.120. The number of aryl methyl sites for hydroxylation is 2. The molecule has 1 N–H and O–H groups in total. The van der Waals surface area contributed by atoms with Crippen LogP contribution in [-0.2, 0) is 11.2 Å². The molecule has 0 unspecified atom stereocenters. The zero-order valence-electron chi connectivity index (χ0n) is 12.9. The van der Waals surface area contributed by atoms with E-state index >= 15 is 0 Å². The van der Waals surface area contributed by atoms with Gasteiger partial charge >= 0.3 is 0 Å². The second-order valence-corrected chi connectivity index (χ2v) is 5.62.